The van der Waals surface area contributed by atoms with Crippen LogP contribution in [0.5, 0.6) is 0 Å². The number of benzene rings is 2. The summed E-state index contributed by atoms with van der Waals surface area (Å²) >= 11 is 0. The SMILES string of the molecule is [B]C1(c2ccc(-c3ccnc(-c4ccccc4)c3)cc2)CCC2(CCCCC2)CC1. The monoisotopic (exact) mass is 391 g/mol. The summed E-state index contributed by atoms with van der Waals surface area (Å²) in [5, 5.41) is -0.158. The lowest BCUT2D eigenvalue weighted by atomic mass is 9.50. The average Bonchev–Trinajstić information content (AvgIpc) is 2.83. The van der Waals surface area contributed by atoms with Crippen LogP contribution in [-0.4, -0.2) is 12.8 Å². The summed E-state index contributed by atoms with van der Waals surface area (Å²) in [6.07, 6.45) is 13.9. The molecule has 30 heavy (non-hydrogen) atoms. The first kappa shape index (κ1) is 19.6. The van der Waals surface area contributed by atoms with Crippen LogP contribution in [0.15, 0.2) is 72.9 Å². The maximum Gasteiger partial charge on any atom is 0.0810 e. The van der Waals surface area contributed by atoms with Crippen LogP contribution >= 0.6 is 0 Å². The Hall–Kier alpha value is -2.35. The minimum atomic E-state index is -0.158. The molecule has 2 aliphatic rings. The van der Waals surface area contributed by atoms with Gasteiger partial charge >= 0.3 is 0 Å². The Balaban J connectivity index is 1.34. The minimum absolute atomic E-state index is 0.158. The first-order valence-electron chi connectivity index (χ1n) is 11.6. The fraction of sp³-hybridized carbons (Fsp3) is 0.393. The Bertz CT molecular complexity index is 977. The molecule has 2 aliphatic carbocycles. The molecule has 0 bridgehead atoms. The van der Waals surface area contributed by atoms with E-state index in [9.17, 15) is 0 Å². The van der Waals surface area contributed by atoms with Gasteiger partial charge in [0.15, 0.2) is 0 Å². The average molecular weight is 391 g/mol. The molecular formula is C28H30BN. The van der Waals surface area contributed by atoms with E-state index in [2.05, 4.69) is 65.6 Å². The van der Waals surface area contributed by atoms with Gasteiger partial charge in [-0.15, -0.1) is 0 Å². The molecule has 150 valence electrons. The van der Waals surface area contributed by atoms with Crippen LogP contribution in [0.3, 0.4) is 0 Å². The lowest BCUT2D eigenvalue weighted by Gasteiger charge is -2.47. The molecule has 5 rings (SSSR count). The highest BCUT2D eigenvalue weighted by Crippen LogP contribution is 2.52. The van der Waals surface area contributed by atoms with Crippen LogP contribution in [0, 0.1) is 5.41 Å². The van der Waals surface area contributed by atoms with Crippen molar-refractivity contribution in [3.8, 4) is 22.4 Å². The minimum Gasteiger partial charge on any atom is -0.256 e. The summed E-state index contributed by atoms with van der Waals surface area (Å²) in [5.74, 6) is 0. The largest absolute Gasteiger partial charge is 0.256 e. The quantitative estimate of drug-likeness (QED) is 0.427. The summed E-state index contributed by atoms with van der Waals surface area (Å²) in [6.45, 7) is 0. The van der Waals surface area contributed by atoms with Crippen molar-refractivity contribution < 1.29 is 0 Å². The van der Waals surface area contributed by atoms with Gasteiger partial charge in [0.2, 0.25) is 0 Å². The van der Waals surface area contributed by atoms with Gasteiger partial charge in [-0.25, -0.2) is 0 Å². The van der Waals surface area contributed by atoms with E-state index in [1.54, 1.807) is 0 Å². The molecule has 2 radical (unpaired) electrons. The molecule has 2 saturated carbocycles. The normalized spacial score (nSPS) is 20.1. The molecular weight excluding hydrogens is 361 g/mol. The van der Waals surface area contributed by atoms with Gasteiger partial charge in [-0.2, -0.15) is 0 Å². The van der Waals surface area contributed by atoms with Crippen molar-refractivity contribution in [1.29, 1.82) is 0 Å². The predicted molar refractivity (Wildman–Crippen MR) is 127 cm³/mol. The molecule has 2 aromatic carbocycles. The van der Waals surface area contributed by atoms with E-state index < -0.39 is 0 Å². The highest BCUT2D eigenvalue weighted by molar-refractivity contribution is 6.16. The van der Waals surface area contributed by atoms with Gasteiger partial charge in [-0.05, 0) is 59.7 Å². The van der Waals surface area contributed by atoms with Crippen LogP contribution in [-0.2, 0) is 5.31 Å². The van der Waals surface area contributed by atoms with Gasteiger partial charge in [-0.1, -0.05) is 92.3 Å². The number of rotatable bonds is 3. The Labute approximate surface area is 182 Å². The number of hydrogen-bond acceptors (Lipinski definition) is 1. The van der Waals surface area contributed by atoms with Crippen LogP contribution in [0.4, 0.5) is 0 Å². The standard InChI is InChI=1S/C28H30BN/c29-28(18-16-27(17-19-28)14-5-2-6-15-27)25-11-9-22(10-12-25)24-13-20-30-26(21-24)23-7-3-1-4-8-23/h1,3-4,7-13,20-21H,2,5-6,14-19H2. The van der Waals surface area contributed by atoms with Crippen LogP contribution in [0.2, 0.25) is 0 Å². The fourth-order valence-corrected chi connectivity index (χ4v) is 5.69. The molecule has 1 spiro atoms. The third-order valence-corrected chi connectivity index (χ3v) is 7.74. The van der Waals surface area contributed by atoms with Gasteiger partial charge in [0.05, 0.1) is 13.5 Å². The smallest absolute Gasteiger partial charge is 0.0810 e. The van der Waals surface area contributed by atoms with Crippen molar-refractivity contribution in [1.82, 2.24) is 4.98 Å². The van der Waals surface area contributed by atoms with E-state index in [1.165, 1.54) is 61.6 Å². The van der Waals surface area contributed by atoms with E-state index in [0.29, 0.717) is 5.41 Å². The summed E-state index contributed by atoms with van der Waals surface area (Å²) in [6, 6.07) is 23.6. The molecule has 2 heteroatoms. The molecule has 1 nitrogen and oxygen atoms in total. The van der Waals surface area contributed by atoms with Crippen molar-refractivity contribution in [3.05, 3.63) is 78.5 Å². The first-order valence-corrected chi connectivity index (χ1v) is 11.6. The van der Waals surface area contributed by atoms with Crippen molar-refractivity contribution in [2.24, 2.45) is 5.41 Å². The molecule has 0 N–H and O–H groups in total. The van der Waals surface area contributed by atoms with Crippen molar-refractivity contribution in [2.75, 3.05) is 0 Å². The zero-order valence-electron chi connectivity index (χ0n) is 17.8. The third kappa shape index (κ3) is 3.85. The first-order chi connectivity index (χ1) is 14.7. The second-order valence-corrected chi connectivity index (χ2v) is 9.59. The van der Waals surface area contributed by atoms with Gasteiger partial charge in [0, 0.05) is 11.8 Å². The molecule has 2 fully saturated rings. The molecule has 1 aromatic heterocycles. The van der Waals surface area contributed by atoms with Gasteiger partial charge < -0.3 is 0 Å². The molecule has 0 unspecified atom stereocenters. The molecule has 0 aliphatic heterocycles. The van der Waals surface area contributed by atoms with Crippen molar-refractivity contribution >= 4 is 7.85 Å². The van der Waals surface area contributed by atoms with Crippen molar-refractivity contribution in [3.63, 3.8) is 0 Å². The number of pyridine rings is 1. The highest BCUT2D eigenvalue weighted by Gasteiger charge is 2.41. The summed E-state index contributed by atoms with van der Waals surface area (Å²) < 4.78 is 0. The second kappa shape index (κ2) is 8.06. The van der Waals surface area contributed by atoms with Gasteiger partial charge in [-0.3, -0.25) is 4.98 Å². The predicted octanol–water partition coefficient (Wildman–Crippen LogP) is 7.30. The third-order valence-electron chi connectivity index (χ3n) is 7.74. The van der Waals surface area contributed by atoms with E-state index in [4.69, 9.17) is 7.85 Å². The maximum atomic E-state index is 6.95. The van der Waals surface area contributed by atoms with Crippen LogP contribution < -0.4 is 0 Å². The Kier molecular flexibility index (Phi) is 5.27. The molecule has 3 aromatic rings. The molecule has 0 amide bonds. The number of hydrogen-bond donors (Lipinski definition) is 0. The Morgan fingerprint density at radius 3 is 2.03 bits per heavy atom. The number of nitrogens with zero attached hydrogens (tertiary/aromatic N) is 1. The van der Waals surface area contributed by atoms with Crippen LogP contribution in [0.1, 0.15) is 63.4 Å². The fourth-order valence-electron chi connectivity index (χ4n) is 5.69. The van der Waals surface area contributed by atoms with Gasteiger partial charge in [0.25, 0.3) is 0 Å². The van der Waals surface area contributed by atoms with Crippen LogP contribution in [0.25, 0.3) is 22.4 Å². The number of aromatic nitrogens is 1. The molecule has 1 heterocycles. The van der Waals surface area contributed by atoms with E-state index >= 15 is 0 Å². The zero-order valence-corrected chi connectivity index (χ0v) is 17.8. The van der Waals surface area contributed by atoms with E-state index in [0.717, 1.165) is 24.1 Å². The van der Waals surface area contributed by atoms with Gasteiger partial charge in [0.1, 0.15) is 0 Å². The van der Waals surface area contributed by atoms with E-state index in [-0.39, 0.29) is 5.31 Å². The highest BCUT2D eigenvalue weighted by atomic mass is 14.7. The molecule has 0 saturated heterocycles. The molecule has 0 atom stereocenters. The lowest BCUT2D eigenvalue weighted by molar-refractivity contribution is 0.105. The second-order valence-electron chi connectivity index (χ2n) is 9.59. The lowest BCUT2D eigenvalue weighted by Crippen LogP contribution is -2.38. The maximum absolute atomic E-state index is 6.95. The van der Waals surface area contributed by atoms with E-state index in [1.807, 2.05) is 12.3 Å². The Morgan fingerprint density at radius 1 is 0.633 bits per heavy atom. The van der Waals surface area contributed by atoms with Crippen molar-refractivity contribution in [2.45, 2.75) is 63.1 Å². The summed E-state index contributed by atoms with van der Waals surface area (Å²) in [4.78, 5) is 4.56. The summed E-state index contributed by atoms with van der Waals surface area (Å²) in [5.41, 5.74) is 6.49. The topological polar surface area (TPSA) is 12.9 Å². The zero-order chi connectivity index (χ0) is 20.4. The Morgan fingerprint density at radius 2 is 1.33 bits per heavy atom. The summed E-state index contributed by atoms with van der Waals surface area (Å²) in [7, 11) is 6.95.